The Bertz CT molecular complexity index is 389. The van der Waals surface area contributed by atoms with Gasteiger partial charge in [-0.1, -0.05) is 6.92 Å². The van der Waals surface area contributed by atoms with Gasteiger partial charge in [0.25, 0.3) is 0 Å². The largest absolute Gasteiger partial charge is 0.475 e. The molecule has 1 rings (SSSR count). The van der Waals surface area contributed by atoms with Crippen molar-refractivity contribution in [2.75, 3.05) is 26.3 Å². The van der Waals surface area contributed by atoms with E-state index in [0.717, 1.165) is 0 Å². The van der Waals surface area contributed by atoms with Crippen LogP contribution in [0.4, 0.5) is 0 Å². The highest BCUT2D eigenvalue weighted by Crippen LogP contribution is 2.04. The molecule has 4 N–H and O–H groups in total. The molecule has 1 fully saturated rings. The number of nitrogens with one attached hydrogen (secondary N) is 2. The number of rotatable bonds is 8. The molecule has 1 aliphatic heterocycles. The summed E-state index contributed by atoms with van der Waals surface area (Å²) < 4.78 is 5.14. The minimum absolute atomic E-state index is 0.192. The number of hydrogen-bond acceptors (Lipinski definition) is 6. The average molecular weight is 315 g/mol. The first-order valence-electron chi connectivity index (χ1n) is 7.21. The third kappa shape index (κ3) is 5.62. The van der Waals surface area contributed by atoms with Gasteiger partial charge in [0.2, 0.25) is 18.2 Å². The van der Waals surface area contributed by atoms with Gasteiger partial charge in [0, 0.05) is 13.1 Å². The Balaban J connectivity index is 2.60. The van der Waals surface area contributed by atoms with Crippen molar-refractivity contribution in [3.05, 3.63) is 0 Å². The number of hydrogen-bond donors (Lipinski definition) is 4. The van der Waals surface area contributed by atoms with Crippen LogP contribution in [0, 0.1) is 0 Å². The molecule has 0 radical (unpaired) electrons. The molecule has 0 aromatic heterocycles. The standard InChI is InChI=1S/C12H22BN3O6/c1-2-10(13(20)21)15-12(19)9(14-8-17)7-11(18)16-3-5-22-6-4-16/h8-10,20-21H,2-7H2,1H3,(H,14,17)(H,15,19). The first-order chi connectivity index (χ1) is 10.5. The van der Waals surface area contributed by atoms with Gasteiger partial charge < -0.3 is 30.3 Å². The first-order valence-corrected chi connectivity index (χ1v) is 7.21. The summed E-state index contributed by atoms with van der Waals surface area (Å²) in [5.74, 6) is -1.76. The maximum Gasteiger partial charge on any atom is 0.475 e. The molecule has 0 aromatic rings. The van der Waals surface area contributed by atoms with Gasteiger partial charge in [-0.25, -0.2) is 0 Å². The highest BCUT2D eigenvalue weighted by molar-refractivity contribution is 6.43. The predicted molar refractivity (Wildman–Crippen MR) is 77.4 cm³/mol. The van der Waals surface area contributed by atoms with Crippen LogP contribution < -0.4 is 10.6 Å². The number of carbonyl (C=O) groups excluding carboxylic acids is 3. The monoisotopic (exact) mass is 315 g/mol. The lowest BCUT2D eigenvalue weighted by Gasteiger charge is -2.28. The molecule has 0 spiro atoms. The zero-order valence-electron chi connectivity index (χ0n) is 12.5. The summed E-state index contributed by atoms with van der Waals surface area (Å²) in [6, 6.07) is -1.05. The fraction of sp³-hybridized carbons (Fsp3) is 0.750. The molecule has 0 aromatic carbocycles. The molecule has 0 saturated carbocycles. The SMILES string of the molecule is CCC(NC(=O)C(CC(=O)N1CCOCC1)NC=O)B(O)O. The second kappa shape index (κ2) is 9.39. The smallest absolute Gasteiger partial charge is 0.426 e. The summed E-state index contributed by atoms with van der Waals surface area (Å²) >= 11 is 0. The molecule has 124 valence electrons. The predicted octanol–water partition coefficient (Wildman–Crippen LogP) is -2.74. The number of carbonyl (C=O) groups is 3. The molecular formula is C12H22BN3O6. The third-order valence-electron chi connectivity index (χ3n) is 3.46. The zero-order chi connectivity index (χ0) is 16.5. The fourth-order valence-corrected chi connectivity index (χ4v) is 2.10. The van der Waals surface area contributed by atoms with Crippen molar-refractivity contribution in [3.8, 4) is 0 Å². The minimum atomic E-state index is -1.71. The quantitative estimate of drug-likeness (QED) is 0.284. The summed E-state index contributed by atoms with van der Waals surface area (Å²) in [4.78, 5) is 36.4. The second-order valence-corrected chi connectivity index (χ2v) is 4.97. The molecular weight excluding hydrogens is 293 g/mol. The maximum atomic E-state index is 12.1. The molecule has 0 aliphatic carbocycles. The molecule has 3 amide bonds. The Morgan fingerprint density at radius 3 is 2.50 bits per heavy atom. The highest BCUT2D eigenvalue weighted by atomic mass is 16.5. The molecule has 0 bridgehead atoms. The summed E-state index contributed by atoms with van der Waals surface area (Å²) in [7, 11) is -1.71. The average Bonchev–Trinajstić information content (AvgIpc) is 2.52. The van der Waals surface area contributed by atoms with E-state index in [-0.39, 0.29) is 12.3 Å². The molecule has 1 aliphatic rings. The Morgan fingerprint density at radius 2 is 2.00 bits per heavy atom. The van der Waals surface area contributed by atoms with Gasteiger partial charge in [-0.2, -0.15) is 0 Å². The van der Waals surface area contributed by atoms with E-state index in [1.54, 1.807) is 11.8 Å². The fourth-order valence-electron chi connectivity index (χ4n) is 2.10. The van der Waals surface area contributed by atoms with Crippen molar-refractivity contribution in [1.82, 2.24) is 15.5 Å². The molecule has 22 heavy (non-hydrogen) atoms. The Morgan fingerprint density at radius 1 is 1.36 bits per heavy atom. The molecule has 2 unspecified atom stereocenters. The van der Waals surface area contributed by atoms with E-state index in [1.165, 1.54) is 0 Å². The Hall–Kier alpha value is -1.65. The molecule has 1 saturated heterocycles. The van der Waals surface area contributed by atoms with Crippen LogP contribution in [0.15, 0.2) is 0 Å². The third-order valence-corrected chi connectivity index (χ3v) is 3.46. The van der Waals surface area contributed by atoms with Crippen LogP contribution in [0.1, 0.15) is 19.8 Å². The van der Waals surface area contributed by atoms with E-state index in [4.69, 9.17) is 14.8 Å². The number of amides is 3. The lowest BCUT2D eigenvalue weighted by atomic mass is 9.77. The first kappa shape index (κ1) is 18.4. The topological polar surface area (TPSA) is 128 Å². The van der Waals surface area contributed by atoms with Crippen LogP contribution in [0.5, 0.6) is 0 Å². The summed E-state index contributed by atoms with van der Waals surface area (Å²) in [6.45, 7) is 3.45. The molecule has 10 heteroatoms. The number of morpholine rings is 1. The Kier molecular flexibility index (Phi) is 7.85. The lowest BCUT2D eigenvalue weighted by molar-refractivity contribution is -0.138. The number of nitrogens with zero attached hydrogens (tertiary/aromatic N) is 1. The van der Waals surface area contributed by atoms with E-state index in [0.29, 0.717) is 39.1 Å². The van der Waals surface area contributed by atoms with Crippen molar-refractivity contribution in [2.24, 2.45) is 0 Å². The molecule has 1 heterocycles. The van der Waals surface area contributed by atoms with Gasteiger partial charge in [-0.15, -0.1) is 0 Å². The molecule has 2 atom stereocenters. The second-order valence-electron chi connectivity index (χ2n) is 4.97. The van der Waals surface area contributed by atoms with E-state index < -0.39 is 25.0 Å². The van der Waals surface area contributed by atoms with Crippen LogP contribution in [-0.4, -0.2) is 78.6 Å². The van der Waals surface area contributed by atoms with Crippen molar-refractivity contribution < 1.29 is 29.2 Å². The van der Waals surface area contributed by atoms with Crippen molar-refractivity contribution in [3.63, 3.8) is 0 Å². The van der Waals surface area contributed by atoms with Crippen molar-refractivity contribution >= 4 is 25.3 Å². The van der Waals surface area contributed by atoms with Gasteiger partial charge in [-0.05, 0) is 6.42 Å². The lowest BCUT2D eigenvalue weighted by Crippen LogP contribution is -2.54. The molecule has 9 nitrogen and oxygen atoms in total. The Labute approximate surface area is 129 Å². The number of ether oxygens (including phenoxy) is 1. The van der Waals surface area contributed by atoms with Crippen LogP contribution in [-0.2, 0) is 19.1 Å². The minimum Gasteiger partial charge on any atom is -0.426 e. The van der Waals surface area contributed by atoms with E-state index in [1.807, 2.05) is 0 Å². The van der Waals surface area contributed by atoms with Crippen molar-refractivity contribution in [2.45, 2.75) is 31.7 Å². The maximum absolute atomic E-state index is 12.1. The van der Waals surface area contributed by atoms with Gasteiger partial charge in [0.1, 0.15) is 6.04 Å². The summed E-state index contributed by atoms with van der Waals surface area (Å²) in [5.41, 5.74) is 0. The van der Waals surface area contributed by atoms with Crippen LogP contribution >= 0.6 is 0 Å². The van der Waals surface area contributed by atoms with E-state index in [2.05, 4.69) is 10.6 Å². The summed E-state index contributed by atoms with van der Waals surface area (Å²) in [5, 5.41) is 22.9. The van der Waals surface area contributed by atoms with E-state index >= 15 is 0 Å². The van der Waals surface area contributed by atoms with Crippen LogP contribution in [0.2, 0.25) is 0 Å². The van der Waals surface area contributed by atoms with Gasteiger partial charge >= 0.3 is 7.12 Å². The van der Waals surface area contributed by atoms with Gasteiger partial charge in [-0.3, -0.25) is 14.4 Å². The van der Waals surface area contributed by atoms with E-state index in [9.17, 15) is 14.4 Å². The van der Waals surface area contributed by atoms with Gasteiger partial charge in [0.05, 0.1) is 25.6 Å². The van der Waals surface area contributed by atoms with Crippen LogP contribution in [0.3, 0.4) is 0 Å². The van der Waals surface area contributed by atoms with Crippen molar-refractivity contribution in [1.29, 1.82) is 0 Å². The van der Waals surface area contributed by atoms with Crippen LogP contribution in [0.25, 0.3) is 0 Å². The van der Waals surface area contributed by atoms with Gasteiger partial charge in [0.15, 0.2) is 0 Å². The normalized spacial score (nSPS) is 17.3. The summed E-state index contributed by atoms with van der Waals surface area (Å²) in [6.07, 6.45) is 0.449. The highest BCUT2D eigenvalue weighted by Gasteiger charge is 2.29. The zero-order valence-corrected chi connectivity index (χ0v) is 12.5.